The van der Waals surface area contributed by atoms with Crippen molar-refractivity contribution in [2.45, 2.75) is 45.2 Å². The van der Waals surface area contributed by atoms with Crippen LogP contribution in [0, 0.1) is 5.92 Å². The Morgan fingerprint density at radius 2 is 2.25 bits per heavy atom. The van der Waals surface area contributed by atoms with Crippen molar-refractivity contribution in [3.05, 3.63) is 0 Å². The molecule has 0 saturated carbocycles. The van der Waals surface area contributed by atoms with E-state index in [0.29, 0.717) is 12.1 Å². The summed E-state index contributed by atoms with van der Waals surface area (Å²) in [6.07, 6.45) is 6.28. The van der Waals surface area contributed by atoms with Crippen LogP contribution in [-0.4, -0.2) is 49.1 Å². The Bertz CT molecular complexity index is 187. The lowest BCUT2D eigenvalue weighted by molar-refractivity contribution is 0.200. The summed E-state index contributed by atoms with van der Waals surface area (Å²) in [4.78, 5) is 2.51. The molecule has 96 valence electrons. The molecule has 0 aromatic heterocycles. The maximum Gasteiger partial charge on any atom is 0.0197 e. The van der Waals surface area contributed by atoms with Crippen LogP contribution in [0.4, 0.5) is 0 Å². The van der Waals surface area contributed by atoms with Gasteiger partial charge in [0.2, 0.25) is 0 Å². The minimum absolute atomic E-state index is 0.693. The van der Waals surface area contributed by atoms with Crippen LogP contribution in [0.25, 0.3) is 0 Å². The van der Waals surface area contributed by atoms with Crippen LogP contribution in [0.2, 0.25) is 0 Å². The number of nitrogens with one attached hydrogen (secondary N) is 1. The van der Waals surface area contributed by atoms with Crippen molar-refractivity contribution in [2.24, 2.45) is 5.92 Å². The van der Waals surface area contributed by atoms with Crippen LogP contribution in [-0.2, 0) is 0 Å². The zero-order valence-corrected chi connectivity index (χ0v) is 12.1. The summed E-state index contributed by atoms with van der Waals surface area (Å²) in [6, 6.07) is 1.41. The van der Waals surface area contributed by atoms with E-state index in [-0.39, 0.29) is 0 Å². The molecule has 2 nitrogen and oxygen atoms in total. The first-order valence-corrected chi connectivity index (χ1v) is 7.99. The molecular formula is C13H28N2S. The van der Waals surface area contributed by atoms with Gasteiger partial charge in [0.15, 0.2) is 0 Å². The molecule has 16 heavy (non-hydrogen) atoms. The molecule has 1 fully saturated rings. The molecule has 0 spiro atoms. The Morgan fingerprint density at radius 3 is 2.88 bits per heavy atom. The van der Waals surface area contributed by atoms with Crippen LogP contribution in [0.1, 0.15) is 33.1 Å². The predicted octanol–water partition coefficient (Wildman–Crippen LogP) is 2.45. The lowest BCUT2D eigenvalue weighted by Crippen LogP contribution is -2.47. The summed E-state index contributed by atoms with van der Waals surface area (Å²) in [5.74, 6) is 2.19. The lowest BCUT2D eigenvalue weighted by atomic mass is 9.90. The van der Waals surface area contributed by atoms with Crippen molar-refractivity contribution in [1.29, 1.82) is 0 Å². The monoisotopic (exact) mass is 244 g/mol. The third kappa shape index (κ3) is 4.64. The molecule has 1 aliphatic heterocycles. The number of hydrogen-bond donors (Lipinski definition) is 1. The van der Waals surface area contributed by atoms with Gasteiger partial charge in [0.25, 0.3) is 0 Å². The van der Waals surface area contributed by atoms with E-state index in [0.717, 1.165) is 5.92 Å². The summed E-state index contributed by atoms with van der Waals surface area (Å²) in [5.41, 5.74) is 0. The van der Waals surface area contributed by atoms with Gasteiger partial charge in [-0.2, -0.15) is 11.8 Å². The fourth-order valence-corrected chi connectivity index (χ4v) is 3.24. The van der Waals surface area contributed by atoms with Gasteiger partial charge in [-0.15, -0.1) is 0 Å². The molecule has 1 saturated heterocycles. The zero-order chi connectivity index (χ0) is 12.0. The van der Waals surface area contributed by atoms with E-state index in [2.05, 4.69) is 37.4 Å². The zero-order valence-electron chi connectivity index (χ0n) is 11.3. The minimum atomic E-state index is 0.693. The van der Waals surface area contributed by atoms with Gasteiger partial charge in [0, 0.05) is 24.4 Å². The molecule has 0 bridgehead atoms. The highest BCUT2D eigenvalue weighted by Gasteiger charge is 2.22. The van der Waals surface area contributed by atoms with Gasteiger partial charge in [-0.25, -0.2) is 0 Å². The highest BCUT2D eigenvalue weighted by atomic mass is 32.2. The molecule has 0 aliphatic carbocycles. The summed E-state index contributed by atoms with van der Waals surface area (Å²) in [6.45, 7) is 7.08. The quantitative estimate of drug-likeness (QED) is 0.772. The third-order valence-corrected chi connectivity index (χ3v) is 4.67. The predicted molar refractivity (Wildman–Crippen MR) is 75.3 cm³/mol. The molecule has 0 amide bonds. The number of likely N-dealkylation sites (N-methyl/N-ethyl adjacent to an activating group) is 1. The van der Waals surface area contributed by atoms with Crippen LogP contribution in [0.15, 0.2) is 0 Å². The van der Waals surface area contributed by atoms with Crippen molar-refractivity contribution in [3.8, 4) is 0 Å². The van der Waals surface area contributed by atoms with Gasteiger partial charge in [0.1, 0.15) is 0 Å². The lowest BCUT2D eigenvalue weighted by Gasteiger charge is -2.34. The highest BCUT2D eigenvalue weighted by Crippen LogP contribution is 2.20. The van der Waals surface area contributed by atoms with E-state index in [4.69, 9.17) is 0 Å². The van der Waals surface area contributed by atoms with Crippen molar-refractivity contribution in [2.75, 3.05) is 32.1 Å². The summed E-state index contributed by atoms with van der Waals surface area (Å²) >= 11 is 1.94. The summed E-state index contributed by atoms with van der Waals surface area (Å²) < 4.78 is 0. The van der Waals surface area contributed by atoms with E-state index in [9.17, 15) is 0 Å². The van der Waals surface area contributed by atoms with E-state index < -0.39 is 0 Å². The van der Waals surface area contributed by atoms with Crippen molar-refractivity contribution in [3.63, 3.8) is 0 Å². The van der Waals surface area contributed by atoms with Crippen LogP contribution in [0.3, 0.4) is 0 Å². The number of hydrogen-bond acceptors (Lipinski definition) is 3. The Morgan fingerprint density at radius 1 is 1.50 bits per heavy atom. The second-order valence-corrected chi connectivity index (χ2v) is 6.10. The van der Waals surface area contributed by atoms with Gasteiger partial charge in [-0.05, 0) is 45.5 Å². The standard InChI is InChI=1S/C13H28N2S/c1-5-12-6-7-14-13(8-12)9-15(3)11(2)10-16-4/h11-14H,5-10H2,1-4H3. The number of nitrogens with zero attached hydrogens (tertiary/aromatic N) is 1. The SMILES string of the molecule is CCC1CCNC(CN(C)C(C)CSC)C1. The molecule has 0 aromatic rings. The second-order valence-electron chi connectivity index (χ2n) is 5.19. The maximum absolute atomic E-state index is 3.66. The normalized spacial score (nSPS) is 28.3. The van der Waals surface area contributed by atoms with E-state index >= 15 is 0 Å². The molecule has 1 aliphatic rings. The molecule has 3 heteroatoms. The maximum atomic E-state index is 3.66. The van der Waals surface area contributed by atoms with Crippen LogP contribution < -0.4 is 5.32 Å². The highest BCUT2D eigenvalue weighted by molar-refractivity contribution is 7.98. The van der Waals surface area contributed by atoms with Crippen molar-refractivity contribution >= 4 is 11.8 Å². The number of thioether (sulfide) groups is 1. The fraction of sp³-hybridized carbons (Fsp3) is 1.00. The Labute approximate surface area is 106 Å². The molecule has 3 atom stereocenters. The van der Waals surface area contributed by atoms with Gasteiger partial charge >= 0.3 is 0 Å². The molecule has 3 unspecified atom stereocenters. The smallest absolute Gasteiger partial charge is 0.0197 e. The van der Waals surface area contributed by atoms with Gasteiger partial charge in [-0.3, -0.25) is 0 Å². The van der Waals surface area contributed by atoms with E-state index in [1.807, 2.05) is 11.8 Å². The Hall–Kier alpha value is 0.270. The van der Waals surface area contributed by atoms with Gasteiger partial charge < -0.3 is 10.2 Å². The largest absolute Gasteiger partial charge is 0.313 e. The summed E-state index contributed by atoms with van der Waals surface area (Å²) in [5, 5.41) is 3.66. The first kappa shape index (κ1) is 14.3. The first-order chi connectivity index (χ1) is 7.67. The van der Waals surface area contributed by atoms with Crippen molar-refractivity contribution < 1.29 is 0 Å². The fourth-order valence-electron chi connectivity index (χ4n) is 2.50. The molecule has 0 aromatic carbocycles. The molecule has 1 N–H and O–H groups in total. The minimum Gasteiger partial charge on any atom is -0.313 e. The average Bonchev–Trinajstić information content (AvgIpc) is 2.29. The topological polar surface area (TPSA) is 15.3 Å². The average molecular weight is 244 g/mol. The third-order valence-electron chi connectivity index (χ3n) is 3.85. The molecular weight excluding hydrogens is 216 g/mol. The Kier molecular flexibility index (Phi) is 6.78. The van der Waals surface area contributed by atoms with Crippen LogP contribution in [0.5, 0.6) is 0 Å². The first-order valence-electron chi connectivity index (χ1n) is 6.59. The number of rotatable bonds is 6. The molecule has 0 radical (unpaired) electrons. The molecule has 1 rings (SSSR count). The molecule has 1 heterocycles. The van der Waals surface area contributed by atoms with Crippen LogP contribution >= 0.6 is 11.8 Å². The van der Waals surface area contributed by atoms with Crippen molar-refractivity contribution in [1.82, 2.24) is 10.2 Å². The van der Waals surface area contributed by atoms with E-state index in [1.54, 1.807) is 0 Å². The Balaban J connectivity index is 2.29. The number of piperidine rings is 1. The van der Waals surface area contributed by atoms with Gasteiger partial charge in [-0.1, -0.05) is 13.3 Å². The van der Waals surface area contributed by atoms with E-state index in [1.165, 1.54) is 38.1 Å². The second kappa shape index (κ2) is 7.57. The summed E-state index contributed by atoms with van der Waals surface area (Å²) in [7, 11) is 2.26. The van der Waals surface area contributed by atoms with Gasteiger partial charge in [0.05, 0.1) is 0 Å².